The first-order valence-electron chi connectivity index (χ1n) is 8.11. The number of benzene rings is 1. The van der Waals surface area contributed by atoms with E-state index in [4.69, 9.17) is 19.9 Å². The molecular formula is C19H22N2O4. The summed E-state index contributed by atoms with van der Waals surface area (Å²) in [4.78, 5) is 12.6. The van der Waals surface area contributed by atoms with Crippen LogP contribution < -0.4 is 10.5 Å². The number of esters is 1. The van der Waals surface area contributed by atoms with E-state index >= 15 is 0 Å². The second-order valence-corrected chi connectivity index (χ2v) is 5.85. The maximum absolute atomic E-state index is 12.6. The summed E-state index contributed by atoms with van der Waals surface area (Å²) in [6, 6.07) is 9.26. The number of carbonyl (C=O) groups is 1. The zero-order valence-corrected chi connectivity index (χ0v) is 14.8. The fourth-order valence-electron chi connectivity index (χ4n) is 2.68. The average Bonchev–Trinajstić information content (AvgIpc) is 2.54. The van der Waals surface area contributed by atoms with E-state index in [9.17, 15) is 10.1 Å². The Morgan fingerprint density at radius 3 is 2.52 bits per heavy atom. The number of ether oxygens (including phenoxy) is 3. The molecule has 25 heavy (non-hydrogen) atoms. The topological polar surface area (TPSA) is 94.6 Å². The molecule has 1 aliphatic rings. The van der Waals surface area contributed by atoms with Crippen molar-refractivity contribution in [2.75, 3.05) is 6.61 Å². The zero-order valence-electron chi connectivity index (χ0n) is 14.8. The van der Waals surface area contributed by atoms with Crippen LogP contribution in [0.5, 0.6) is 5.75 Å². The van der Waals surface area contributed by atoms with Crippen LogP contribution in [-0.4, -0.2) is 18.7 Å². The molecule has 1 aliphatic heterocycles. The SMILES string of the molecule is CCOc1ccc([C@@H]2C(C#N)=C(N)OC(C)=C2C(=O)OC(C)C)cc1. The Kier molecular flexibility index (Phi) is 5.71. The van der Waals surface area contributed by atoms with Crippen molar-refractivity contribution in [2.24, 2.45) is 5.73 Å². The molecule has 6 heteroatoms. The number of hydrogen-bond donors (Lipinski definition) is 1. The molecule has 1 aromatic rings. The van der Waals surface area contributed by atoms with E-state index in [1.807, 2.05) is 19.1 Å². The molecule has 0 saturated heterocycles. The van der Waals surface area contributed by atoms with Crippen LogP contribution >= 0.6 is 0 Å². The Balaban J connectivity index is 2.51. The van der Waals surface area contributed by atoms with Crippen molar-refractivity contribution in [3.63, 3.8) is 0 Å². The van der Waals surface area contributed by atoms with Gasteiger partial charge in [0.1, 0.15) is 23.2 Å². The molecule has 0 radical (unpaired) electrons. The van der Waals surface area contributed by atoms with Gasteiger partial charge in [-0.25, -0.2) is 4.79 Å². The van der Waals surface area contributed by atoms with Gasteiger partial charge in [-0.15, -0.1) is 0 Å². The second-order valence-electron chi connectivity index (χ2n) is 5.85. The minimum Gasteiger partial charge on any atom is -0.494 e. The van der Waals surface area contributed by atoms with Crippen LogP contribution in [0.1, 0.15) is 39.2 Å². The molecule has 0 aromatic heterocycles. The van der Waals surface area contributed by atoms with E-state index in [2.05, 4.69) is 6.07 Å². The molecule has 0 bridgehead atoms. The van der Waals surface area contributed by atoms with Crippen molar-refractivity contribution in [3.8, 4) is 11.8 Å². The Morgan fingerprint density at radius 1 is 1.36 bits per heavy atom. The van der Waals surface area contributed by atoms with Crippen molar-refractivity contribution in [1.82, 2.24) is 0 Å². The minimum atomic E-state index is -0.638. The predicted octanol–water partition coefficient (Wildman–Crippen LogP) is 3.12. The molecule has 2 N–H and O–H groups in total. The van der Waals surface area contributed by atoms with Crippen LogP contribution in [0.3, 0.4) is 0 Å². The molecule has 2 rings (SSSR count). The molecule has 0 spiro atoms. The quantitative estimate of drug-likeness (QED) is 0.826. The molecule has 132 valence electrons. The van der Waals surface area contributed by atoms with E-state index in [0.29, 0.717) is 18.1 Å². The summed E-state index contributed by atoms with van der Waals surface area (Å²) in [6.45, 7) is 7.62. The summed E-state index contributed by atoms with van der Waals surface area (Å²) in [6.07, 6.45) is -0.289. The largest absolute Gasteiger partial charge is 0.494 e. The van der Waals surface area contributed by atoms with Crippen LogP contribution in [0.15, 0.2) is 47.1 Å². The molecular weight excluding hydrogens is 320 g/mol. The van der Waals surface area contributed by atoms with Gasteiger partial charge in [-0.2, -0.15) is 5.26 Å². The summed E-state index contributed by atoms with van der Waals surface area (Å²) < 4.78 is 16.2. The van der Waals surface area contributed by atoms with Crippen molar-refractivity contribution in [3.05, 3.63) is 52.6 Å². The van der Waals surface area contributed by atoms with Gasteiger partial charge in [0, 0.05) is 0 Å². The van der Waals surface area contributed by atoms with Crippen LogP contribution in [-0.2, 0) is 14.3 Å². The van der Waals surface area contributed by atoms with Crippen molar-refractivity contribution >= 4 is 5.97 Å². The van der Waals surface area contributed by atoms with E-state index in [0.717, 1.165) is 5.56 Å². The lowest BCUT2D eigenvalue weighted by Crippen LogP contribution is -2.26. The Morgan fingerprint density at radius 2 is 2.00 bits per heavy atom. The maximum atomic E-state index is 12.6. The van der Waals surface area contributed by atoms with E-state index in [1.54, 1.807) is 32.9 Å². The second kappa shape index (κ2) is 7.75. The zero-order chi connectivity index (χ0) is 18.6. The molecule has 0 fully saturated rings. The number of rotatable bonds is 5. The predicted molar refractivity (Wildman–Crippen MR) is 92.2 cm³/mol. The van der Waals surface area contributed by atoms with Gasteiger partial charge in [0.25, 0.3) is 0 Å². The molecule has 0 aliphatic carbocycles. The number of carbonyl (C=O) groups excluding carboxylic acids is 1. The molecule has 0 unspecified atom stereocenters. The van der Waals surface area contributed by atoms with Gasteiger partial charge in [0.2, 0.25) is 5.88 Å². The maximum Gasteiger partial charge on any atom is 0.338 e. The highest BCUT2D eigenvalue weighted by atomic mass is 16.5. The lowest BCUT2D eigenvalue weighted by atomic mass is 9.83. The molecule has 1 aromatic carbocycles. The van der Waals surface area contributed by atoms with Gasteiger partial charge in [0.05, 0.1) is 24.2 Å². The van der Waals surface area contributed by atoms with Crippen LogP contribution in [0.25, 0.3) is 0 Å². The summed E-state index contributed by atoms with van der Waals surface area (Å²) in [7, 11) is 0. The summed E-state index contributed by atoms with van der Waals surface area (Å²) in [5.41, 5.74) is 7.08. The summed E-state index contributed by atoms with van der Waals surface area (Å²) in [5.74, 6) is -0.117. The summed E-state index contributed by atoms with van der Waals surface area (Å²) in [5, 5.41) is 9.53. The standard InChI is InChI=1S/C19H22N2O4/c1-5-23-14-8-6-13(7-9-14)17-15(10-20)18(21)25-12(4)16(17)19(22)24-11(2)3/h6-9,11,17H,5,21H2,1-4H3/t17-/m1/s1. The Labute approximate surface area is 147 Å². The number of nitriles is 1. The smallest absolute Gasteiger partial charge is 0.338 e. The van der Waals surface area contributed by atoms with E-state index < -0.39 is 11.9 Å². The number of allylic oxidation sites excluding steroid dienone is 2. The first kappa shape index (κ1) is 18.4. The molecule has 0 saturated carbocycles. The first-order valence-corrected chi connectivity index (χ1v) is 8.11. The fraction of sp³-hybridized carbons (Fsp3) is 0.368. The van der Waals surface area contributed by atoms with Crippen LogP contribution in [0, 0.1) is 11.3 Å². The summed E-state index contributed by atoms with van der Waals surface area (Å²) >= 11 is 0. The monoisotopic (exact) mass is 342 g/mol. The highest BCUT2D eigenvalue weighted by molar-refractivity contribution is 5.92. The van der Waals surface area contributed by atoms with Gasteiger partial charge >= 0.3 is 5.97 Å². The lowest BCUT2D eigenvalue weighted by Gasteiger charge is -2.27. The molecule has 1 heterocycles. The number of hydrogen-bond acceptors (Lipinski definition) is 6. The van der Waals surface area contributed by atoms with Crippen molar-refractivity contribution in [1.29, 1.82) is 5.26 Å². The molecule has 1 atom stereocenters. The number of nitrogens with two attached hydrogens (primary N) is 1. The lowest BCUT2D eigenvalue weighted by molar-refractivity contribution is -0.143. The Hall–Kier alpha value is -2.94. The van der Waals surface area contributed by atoms with Crippen LogP contribution in [0.4, 0.5) is 0 Å². The molecule has 0 amide bonds. The van der Waals surface area contributed by atoms with Crippen molar-refractivity contribution < 1.29 is 19.0 Å². The van der Waals surface area contributed by atoms with E-state index in [-0.39, 0.29) is 23.1 Å². The fourth-order valence-corrected chi connectivity index (χ4v) is 2.68. The molecule has 6 nitrogen and oxygen atoms in total. The average molecular weight is 342 g/mol. The number of nitrogens with zero attached hydrogens (tertiary/aromatic N) is 1. The Bertz CT molecular complexity index is 755. The van der Waals surface area contributed by atoms with Crippen molar-refractivity contribution in [2.45, 2.75) is 39.7 Å². The van der Waals surface area contributed by atoms with Gasteiger partial charge in [-0.3, -0.25) is 0 Å². The third-order valence-electron chi connectivity index (χ3n) is 3.69. The van der Waals surface area contributed by atoms with Gasteiger partial charge in [-0.05, 0) is 45.4 Å². The minimum absolute atomic E-state index is 0.0000170. The highest BCUT2D eigenvalue weighted by Gasteiger charge is 2.36. The van der Waals surface area contributed by atoms with Gasteiger partial charge < -0.3 is 19.9 Å². The normalized spacial score (nSPS) is 17.2. The van der Waals surface area contributed by atoms with E-state index in [1.165, 1.54) is 0 Å². The third-order valence-corrected chi connectivity index (χ3v) is 3.69. The first-order chi connectivity index (χ1) is 11.9. The van der Waals surface area contributed by atoms with Gasteiger partial charge in [-0.1, -0.05) is 12.1 Å². The van der Waals surface area contributed by atoms with Gasteiger partial charge in [0.15, 0.2) is 0 Å². The third kappa shape index (κ3) is 3.94. The highest BCUT2D eigenvalue weighted by Crippen LogP contribution is 2.40. The van der Waals surface area contributed by atoms with Crippen LogP contribution in [0.2, 0.25) is 0 Å².